The Bertz CT molecular complexity index is 548. The molecule has 0 aliphatic heterocycles. The SMILES string of the molecule is COCc1nc2ccccc2c(=O)n1N. The zero-order valence-corrected chi connectivity index (χ0v) is 8.30. The molecule has 78 valence electrons. The maximum absolute atomic E-state index is 11.8. The van der Waals surface area contributed by atoms with Gasteiger partial charge in [-0.25, -0.2) is 9.66 Å². The van der Waals surface area contributed by atoms with E-state index in [2.05, 4.69) is 4.98 Å². The van der Waals surface area contributed by atoms with Crippen LogP contribution in [0.2, 0.25) is 0 Å². The van der Waals surface area contributed by atoms with E-state index in [4.69, 9.17) is 10.6 Å². The first-order chi connectivity index (χ1) is 7.24. The van der Waals surface area contributed by atoms with E-state index < -0.39 is 0 Å². The van der Waals surface area contributed by atoms with E-state index in [9.17, 15) is 4.79 Å². The van der Waals surface area contributed by atoms with Gasteiger partial charge in [0.05, 0.1) is 10.9 Å². The molecule has 0 spiro atoms. The van der Waals surface area contributed by atoms with Crippen LogP contribution in [0.15, 0.2) is 29.1 Å². The minimum absolute atomic E-state index is 0.219. The highest BCUT2D eigenvalue weighted by atomic mass is 16.5. The van der Waals surface area contributed by atoms with Gasteiger partial charge in [0, 0.05) is 7.11 Å². The largest absolute Gasteiger partial charge is 0.377 e. The van der Waals surface area contributed by atoms with Crippen LogP contribution in [0.3, 0.4) is 0 Å². The van der Waals surface area contributed by atoms with Crippen molar-refractivity contribution in [1.82, 2.24) is 9.66 Å². The first-order valence-electron chi connectivity index (χ1n) is 4.48. The lowest BCUT2D eigenvalue weighted by molar-refractivity contribution is 0.175. The molecule has 0 saturated heterocycles. The van der Waals surface area contributed by atoms with E-state index in [-0.39, 0.29) is 12.2 Å². The van der Waals surface area contributed by atoms with Crippen LogP contribution in [0.25, 0.3) is 10.9 Å². The van der Waals surface area contributed by atoms with Gasteiger partial charge in [-0.15, -0.1) is 0 Å². The summed E-state index contributed by atoms with van der Waals surface area (Å²) in [4.78, 5) is 16.0. The van der Waals surface area contributed by atoms with Gasteiger partial charge in [0.15, 0.2) is 5.82 Å². The molecule has 5 nitrogen and oxygen atoms in total. The number of fused-ring (bicyclic) bond motifs is 1. The van der Waals surface area contributed by atoms with Crippen LogP contribution in [0.5, 0.6) is 0 Å². The third kappa shape index (κ3) is 1.57. The molecule has 0 saturated carbocycles. The van der Waals surface area contributed by atoms with Crippen LogP contribution in [-0.4, -0.2) is 16.8 Å². The Hall–Kier alpha value is -1.88. The molecule has 15 heavy (non-hydrogen) atoms. The molecule has 0 amide bonds. The number of benzene rings is 1. The molecule has 0 atom stereocenters. The van der Waals surface area contributed by atoms with Gasteiger partial charge < -0.3 is 10.6 Å². The number of methoxy groups -OCH3 is 1. The average Bonchev–Trinajstić information content (AvgIpc) is 2.26. The molecule has 0 fully saturated rings. The number of nitrogens with zero attached hydrogens (tertiary/aromatic N) is 2. The fourth-order valence-electron chi connectivity index (χ4n) is 1.42. The highest BCUT2D eigenvalue weighted by Gasteiger charge is 2.07. The summed E-state index contributed by atoms with van der Waals surface area (Å²) in [6.07, 6.45) is 0. The van der Waals surface area contributed by atoms with Gasteiger partial charge in [0.25, 0.3) is 5.56 Å². The molecule has 0 unspecified atom stereocenters. The van der Waals surface area contributed by atoms with Crippen LogP contribution in [0, 0.1) is 0 Å². The van der Waals surface area contributed by atoms with Gasteiger partial charge >= 0.3 is 0 Å². The summed E-state index contributed by atoms with van der Waals surface area (Å²) in [7, 11) is 1.53. The van der Waals surface area contributed by atoms with E-state index in [0.717, 1.165) is 4.68 Å². The Labute approximate surface area is 86.1 Å². The van der Waals surface area contributed by atoms with Crippen LogP contribution in [0.1, 0.15) is 5.82 Å². The molecule has 0 radical (unpaired) electrons. The molecule has 0 aliphatic carbocycles. The minimum Gasteiger partial charge on any atom is -0.377 e. The van der Waals surface area contributed by atoms with Crippen molar-refractivity contribution < 1.29 is 4.74 Å². The van der Waals surface area contributed by atoms with Crippen molar-refractivity contribution in [1.29, 1.82) is 0 Å². The number of hydrogen-bond donors (Lipinski definition) is 1. The lowest BCUT2D eigenvalue weighted by Crippen LogP contribution is -2.31. The van der Waals surface area contributed by atoms with Crippen molar-refractivity contribution in [3.8, 4) is 0 Å². The normalized spacial score (nSPS) is 10.7. The summed E-state index contributed by atoms with van der Waals surface area (Å²) < 4.78 is 5.93. The van der Waals surface area contributed by atoms with Gasteiger partial charge in [-0.05, 0) is 12.1 Å². The van der Waals surface area contributed by atoms with Crippen LogP contribution in [0.4, 0.5) is 0 Å². The minimum atomic E-state index is -0.257. The lowest BCUT2D eigenvalue weighted by atomic mass is 10.2. The Kier molecular flexibility index (Phi) is 2.39. The second-order valence-corrected chi connectivity index (χ2v) is 3.15. The lowest BCUT2D eigenvalue weighted by Gasteiger charge is -2.07. The second kappa shape index (κ2) is 3.70. The molecule has 5 heteroatoms. The van der Waals surface area contributed by atoms with Crippen molar-refractivity contribution in [3.63, 3.8) is 0 Å². The fraction of sp³-hybridized carbons (Fsp3) is 0.200. The predicted molar refractivity (Wildman–Crippen MR) is 56.9 cm³/mol. The van der Waals surface area contributed by atoms with E-state index >= 15 is 0 Å². The summed E-state index contributed by atoms with van der Waals surface area (Å²) in [5.41, 5.74) is 0.379. The summed E-state index contributed by atoms with van der Waals surface area (Å²) in [6, 6.07) is 7.08. The quantitative estimate of drug-likeness (QED) is 0.714. The number of ether oxygens (including phenoxy) is 1. The third-order valence-corrected chi connectivity index (χ3v) is 2.15. The van der Waals surface area contributed by atoms with Crippen LogP contribution >= 0.6 is 0 Å². The monoisotopic (exact) mass is 205 g/mol. The van der Waals surface area contributed by atoms with Crippen molar-refractivity contribution in [2.75, 3.05) is 13.0 Å². The van der Waals surface area contributed by atoms with Gasteiger partial charge in [0.1, 0.15) is 6.61 Å². The van der Waals surface area contributed by atoms with Crippen molar-refractivity contribution in [2.45, 2.75) is 6.61 Å². The van der Waals surface area contributed by atoms with Gasteiger partial charge in [-0.1, -0.05) is 12.1 Å². The first kappa shape index (κ1) is 9.67. The maximum Gasteiger partial charge on any atom is 0.279 e. The van der Waals surface area contributed by atoms with E-state index in [1.54, 1.807) is 18.2 Å². The average molecular weight is 205 g/mol. The third-order valence-electron chi connectivity index (χ3n) is 2.15. The molecular formula is C10H11N3O2. The number of rotatable bonds is 2. The highest BCUT2D eigenvalue weighted by molar-refractivity contribution is 5.77. The topological polar surface area (TPSA) is 70.1 Å². The highest BCUT2D eigenvalue weighted by Crippen LogP contribution is 2.06. The summed E-state index contributed by atoms with van der Waals surface area (Å²) in [5.74, 6) is 6.01. The van der Waals surface area contributed by atoms with E-state index in [1.807, 2.05) is 6.07 Å². The number of aromatic nitrogens is 2. The zero-order chi connectivity index (χ0) is 10.8. The molecule has 1 aromatic heterocycles. The molecule has 2 rings (SSSR count). The maximum atomic E-state index is 11.8. The van der Waals surface area contributed by atoms with Gasteiger partial charge in [-0.2, -0.15) is 0 Å². The summed E-state index contributed by atoms with van der Waals surface area (Å²) in [5, 5.41) is 0.514. The molecule has 2 N–H and O–H groups in total. The van der Waals surface area contributed by atoms with Gasteiger partial charge in [0.2, 0.25) is 0 Å². The molecule has 0 aliphatic rings. The Morgan fingerprint density at radius 2 is 2.20 bits per heavy atom. The molecule has 2 aromatic rings. The predicted octanol–water partition coefficient (Wildman–Crippen LogP) is 0.257. The number of nitrogens with two attached hydrogens (primary N) is 1. The molecule has 1 aromatic carbocycles. The fourth-order valence-corrected chi connectivity index (χ4v) is 1.42. The Morgan fingerprint density at radius 1 is 1.47 bits per heavy atom. The van der Waals surface area contributed by atoms with E-state index in [1.165, 1.54) is 7.11 Å². The molecule has 1 heterocycles. The van der Waals surface area contributed by atoms with Crippen molar-refractivity contribution in [2.24, 2.45) is 0 Å². The van der Waals surface area contributed by atoms with E-state index in [0.29, 0.717) is 16.7 Å². The Balaban J connectivity index is 2.77. The van der Waals surface area contributed by atoms with Gasteiger partial charge in [-0.3, -0.25) is 4.79 Å². The number of nitrogen functional groups attached to an aromatic ring is 1. The second-order valence-electron chi connectivity index (χ2n) is 3.15. The van der Waals surface area contributed by atoms with Crippen molar-refractivity contribution in [3.05, 3.63) is 40.4 Å². The number of para-hydroxylation sites is 1. The van der Waals surface area contributed by atoms with Crippen LogP contribution in [-0.2, 0) is 11.3 Å². The summed E-state index contributed by atoms with van der Waals surface area (Å²) in [6.45, 7) is 0.219. The number of hydrogen-bond acceptors (Lipinski definition) is 4. The van der Waals surface area contributed by atoms with Crippen molar-refractivity contribution >= 4 is 10.9 Å². The molecular weight excluding hydrogens is 194 g/mol. The summed E-state index contributed by atoms with van der Waals surface area (Å²) >= 11 is 0. The Morgan fingerprint density at radius 3 is 2.93 bits per heavy atom. The molecule has 0 bridgehead atoms. The van der Waals surface area contributed by atoms with Crippen LogP contribution < -0.4 is 11.4 Å². The zero-order valence-electron chi connectivity index (χ0n) is 8.30. The smallest absolute Gasteiger partial charge is 0.279 e. The first-order valence-corrected chi connectivity index (χ1v) is 4.48. The standard InChI is InChI=1S/C10H11N3O2/c1-15-6-9-12-8-5-3-2-4-7(8)10(14)13(9)11/h2-5H,6,11H2,1H3.